The monoisotopic (exact) mass is 343 g/mol. The normalized spacial score (nSPS) is 16.2. The number of fused-ring (bicyclic) bond motifs is 1. The van der Waals surface area contributed by atoms with E-state index in [1.807, 2.05) is 0 Å². The molecule has 1 aliphatic rings. The first-order valence-corrected chi connectivity index (χ1v) is 9.33. The van der Waals surface area contributed by atoms with Gasteiger partial charge >= 0.3 is 0 Å². The van der Waals surface area contributed by atoms with Gasteiger partial charge in [0.05, 0.1) is 5.71 Å². The van der Waals surface area contributed by atoms with Crippen molar-refractivity contribution in [1.82, 2.24) is 9.91 Å². The summed E-state index contributed by atoms with van der Waals surface area (Å²) >= 11 is 0. The summed E-state index contributed by atoms with van der Waals surface area (Å²) in [5.74, 6) is 0. The van der Waals surface area contributed by atoms with Crippen molar-refractivity contribution in [2.45, 2.75) is 13.5 Å². The fraction of sp³-hybridized carbons (Fsp3) is 0.261. The molecular formula is C23H25N3. The van der Waals surface area contributed by atoms with Crippen LogP contribution in [-0.2, 0) is 6.54 Å². The molecule has 132 valence electrons. The highest BCUT2D eigenvalue weighted by Crippen LogP contribution is 2.17. The third kappa shape index (κ3) is 3.94. The molecule has 26 heavy (non-hydrogen) atoms. The average molecular weight is 343 g/mol. The summed E-state index contributed by atoms with van der Waals surface area (Å²) < 4.78 is 0. The van der Waals surface area contributed by atoms with Crippen LogP contribution in [0.5, 0.6) is 0 Å². The van der Waals surface area contributed by atoms with E-state index in [4.69, 9.17) is 5.10 Å². The molecule has 1 saturated heterocycles. The number of nitrogens with zero attached hydrogens (tertiary/aromatic N) is 3. The van der Waals surface area contributed by atoms with Crippen LogP contribution in [0.3, 0.4) is 0 Å². The highest BCUT2D eigenvalue weighted by atomic mass is 15.5. The molecule has 0 bridgehead atoms. The quantitative estimate of drug-likeness (QED) is 0.655. The van der Waals surface area contributed by atoms with Crippen LogP contribution in [0.4, 0.5) is 0 Å². The van der Waals surface area contributed by atoms with E-state index in [1.54, 1.807) is 0 Å². The fourth-order valence-electron chi connectivity index (χ4n) is 3.52. The van der Waals surface area contributed by atoms with Crippen molar-refractivity contribution in [2.75, 3.05) is 26.2 Å². The average Bonchev–Trinajstić information content (AvgIpc) is 2.70. The minimum Gasteiger partial charge on any atom is -0.295 e. The maximum Gasteiger partial charge on any atom is 0.0646 e. The second-order valence-corrected chi connectivity index (χ2v) is 6.96. The molecule has 3 nitrogen and oxygen atoms in total. The lowest BCUT2D eigenvalue weighted by molar-refractivity contribution is 0.130. The summed E-state index contributed by atoms with van der Waals surface area (Å²) in [7, 11) is 0. The Kier molecular flexibility index (Phi) is 4.98. The van der Waals surface area contributed by atoms with Gasteiger partial charge in [-0.05, 0) is 34.9 Å². The topological polar surface area (TPSA) is 18.8 Å². The third-order valence-electron chi connectivity index (χ3n) is 5.06. The van der Waals surface area contributed by atoms with Gasteiger partial charge in [-0.1, -0.05) is 66.7 Å². The lowest BCUT2D eigenvalue weighted by atomic mass is 10.0. The molecule has 0 saturated carbocycles. The third-order valence-corrected chi connectivity index (χ3v) is 5.06. The van der Waals surface area contributed by atoms with Crippen molar-refractivity contribution in [1.29, 1.82) is 0 Å². The first-order chi connectivity index (χ1) is 12.8. The summed E-state index contributed by atoms with van der Waals surface area (Å²) in [5, 5.41) is 9.64. The Morgan fingerprint density at radius 2 is 1.50 bits per heavy atom. The van der Waals surface area contributed by atoms with Gasteiger partial charge in [0.2, 0.25) is 0 Å². The van der Waals surface area contributed by atoms with E-state index in [0.717, 1.165) is 38.4 Å². The molecule has 1 fully saturated rings. The smallest absolute Gasteiger partial charge is 0.0646 e. The van der Waals surface area contributed by atoms with Crippen molar-refractivity contribution in [3.8, 4) is 0 Å². The number of hydrogen-bond acceptors (Lipinski definition) is 3. The summed E-state index contributed by atoms with van der Waals surface area (Å²) in [6.45, 7) is 7.23. The SMILES string of the molecule is C/C(=N/N1CCN(Cc2ccccc2)CC1)c1ccc2ccccc2c1. The Bertz CT molecular complexity index is 893. The Labute approximate surface area is 155 Å². The first-order valence-electron chi connectivity index (χ1n) is 9.33. The van der Waals surface area contributed by atoms with E-state index in [1.165, 1.54) is 21.9 Å². The highest BCUT2D eigenvalue weighted by Gasteiger charge is 2.16. The van der Waals surface area contributed by atoms with Gasteiger partial charge < -0.3 is 0 Å². The zero-order chi connectivity index (χ0) is 17.8. The van der Waals surface area contributed by atoms with Crippen LogP contribution in [-0.4, -0.2) is 41.8 Å². The Balaban J connectivity index is 1.39. The summed E-state index contributed by atoms with van der Waals surface area (Å²) in [6.07, 6.45) is 0. The van der Waals surface area contributed by atoms with Gasteiger partial charge in [0.15, 0.2) is 0 Å². The van der Waals surface area contributed by atoms with Crippen LogP contribution in [0.25, 0.3) is 10.8 Å². The number of benzene rings is 3. The molecule has 0 N–H and O–H groups in total. The van der Waals surface area contributed by atoms with Crippen molar-refractivity contribution in [3.63, 3.8) is 0 Å². The van der Waals surface area contributed by atoms with Crippen LogP contribution in [0.1, 0.15) is 18.1 Å². The van der Waals surface area contributed by atoms with Crippen LogP contribution in [0, 0.1) is 0 Å². The van der Waals surface area contributed by atoms with Crippen molar-refractivity contribution in [2.24, 2.45) is 5.10 Å². The largest absolute Gasteiger partial charge is 0.295 e. The molecule has 4 rings (SSSR count). The zero-order valence-electron chi connectivity index (χ0n) is 15.3. The molecule has 3 aromatic rings. The number of piperazine rings is 1. The Morgan fingerprint density at radius 3 is 2.27 bits per heavy atom. The molecule has 0 unspecified atom stereocenters. The number of hydrazone groups is 1. The molecule has 1 heterocycles. The minimum atomic E-state index is 0.984. The van der Waals surface area contributed by atoms with Gasteiger partial charge in [-0.2, -0.15) is 5.10 Å². The molecule has 1 aliphatic heterocycles. The Hall–Kier alpha value is -2.65. The second-order valence-electron chi connectivity index (χ2n) is 6.96. The predicted molar refractivity (Wildman–Crippen MR) is 109 cm³/mol. The predicted octanol–water partition coefficient (Wildman–Crippen LogP) is 4.38. The van der Waals surface area contributed by atoms with Gasteiger partial charge in [0.25, 0.3) is 0 Å². The zero-order valence-corrected chi connectivity index (χ0v) is 15.3. The molecule has 0 spiro atoms. The van der Waals surface area contributed by atoms with Gasteiger partial charge in [0.1, 0.15) is 0 Å². The van der Waals surface area contributed by atoms with E-state index >= 15 is 0 Å². The van der Waals surface area contributed by atoms with Gasteiger partial charge in [-0.3, -0.25) is 9.91 Å². The minimum absolute atomic E-state index is 0.984. The lowest BCUT2D eigenvalue weighted by Gasteiger charge is -2.33. The second kappa shape index (κ2) is 7.71. The van der Waals surface area contributed by atoms with E-state index in [0.29, 0.717) is 0 Å². The number of rotatable bonds is 4. The highest BCUT2D eigenvalue weighted by molar-refractivity contribution is 6.01. The van der Waals surface area contributed by atoms with Crippen molar-refractivity contribution < 1.29 is 0 Å². The molecule has 0 aliphatic carbocycles. The molecule has 0 atom stereocenters. The van der Waals surface area contributed by atoms with Crippen LogP contribution in [0.2, 0.25) is 0 Å². The van der Waals surface area contributed by atoms with Crippen molar-refractivity contribution >= 4 is 16.5 Å². The Morgan fingerprint density at radius 1 is 0.808 bits per heavy atom. The fourth-order valence-corrected chi connectivity index (χ4v) is 3.52. The maximum atomic E-state index is 4.88. The first kappa shape index (κ1) is 16.8. The molecule has 3 heteroatoms. The molecule has 0 aromatic heterocycles. The van der Waals surface area contributed by atoms with Gasteiger partial charge in [0, 0.05) is 32.7 Å². The van der Waals surface area contributed by atoms with Crippen LogP contribution < -0.4 is 0 Å². The van der Waals surface area contributed by atoms with E-state index in [-0.39, 0.29) is 0 Å². The van der Waals surface area contributed by atoms with Gasteiger partial charge in [-0.15, -0.1) is 0 Å². The lowest BCUT2D eigenvalue weighted by Crippen LogP contribution is -2.43. The van der Waals surface area contributed by atoms with E-state index in [9.17, 15) is 0 Å². The maximum absolute atomic E-state index is 4.88. The number of hydrogen-bond donors (Lipinski definition) is 0. The summed E-state index contributed by atoms with van der Waals surface area (Å²) in [5.41, 5.74) is 3.68. The van der Waals surface area contributed by atoms with Crippen LogP contribution in [0.15, 0.2) is 77.9 Å². The standard InChI is InChI=1S/C23H25N3/c1-19(22-12-11-21-9-5-6-10-23(21)17-22)24-26-15-13-25(14-16-26)18-20-7-3-2-4-8-20/h2-12,17H,13-16,18H2,1H3/b24-19-. The van der Waals surface area contributed by atoms with Crippen molar-refractivity contribution in [3.05, 3.63) is 83.9 Å². The molecular weight excluding hydrogens is 318 g/mol. The molecule has 0 radical (unpaired) electrons. The molecule has 0 amide bonds. The van der Waals surface area contributed by atoms with E-state index < -0.39 is 0 Å². The summed E-state index contributed by atoms with van der Waals surface area (Å²) in [4.78, 5) is 2.51. The van der Waals surface area contributed by atoms with E-state index in [2.05, 4.69) is 89.6 Å². The van der Waals surface area contributed by atoms with Crippen LogP contribution >= 0.6 is 0 Å². The summed E-state index contributed by atoms with van der Waals surface area (Å²) in [6, 6.07) is 25.8. The molecule has 3 aromatic carbocycles. The van der Waals surface area contributed by atoms with Gasteiger partial charge in [-0.25, -0.2) is 0 Å².